The van der Waals surface area contributed by atoms with Crippen LogP contribution in [0.25, 0.3) is 0 Å². The second-order valence-corrected chi connectivity index (χ2v) is 6.02. The van der Waals surface area contributed by atoms with Gasteiger partial charge in [-0.3, -0.25) is 0 Å². The van der Waals surface area contributed by atoms with E-state index in [1.54, 1.807) is 6.92 Å². The fourth-order valence-electron chi connectivity index (χ4n) is 2.60. The zero-order chi connectivity index (χ0) is 19.6. The van der Waals surface area contributed by atoms with Gasteiger partial charge in [-0.1, -0.05) is 12.1 Å². The quantitative estimate of drug-likeness (QED) is 0.658. The van der Waals surface area contributed by atoms with Crippen LogP contribution >= 0.6 is 0 Å². The fraction of sp³-hybridized carbons (Fsp3) is 0.158. The molecular weight excluding hydrogens is 360 g/mol. The van der Waals surface area contributed by atoms with Crippen molar-refractivity contribution >= 4 is 11.8 Å². The molecule has 0 atom stereocenters. The van der Waals surface area contributed by atoms with E-state index in [4.69, 9.17) is 5.73 Å². The maximum Gasteiger partial charge on any atom is 0.225 e. The number of hydrogen-bond donors (Lipinski definition) is 2. The molecule has 0 aliphatic carbocycles. The summed E-state index contributed by atoms with van der Waals surface area (Å²) in [6.45, 7) is 1.90. The maximum absolute atomic E-state index is 13.4. The van der Waals surface area contributed by atoms with Gasteiger partial charge in [-0.15, -0.1) is 0 Å². The lowest BCUT2D eigenvalue weighted by molar-refractivity contribution is 0.507. The Labute approximate surface area is 153 Å². The van der Waals surface area contributed by atoms with Crippen molar-refractivity contribution in [2.24, 2.45) is 0 Å². The molecule has 1 aromatic heterocycles. The molecule has 0 aliphatic heterocycles. The van der Waals surface area contributed by atoms with Crippen molar-refractivity contribution in [3.8, 4) is 0 Å². The maximum atomic E-state index is 13.4. The van der Waals surface area contributed by atoms with Crippen LogP contribution in [-0.4, -0.2) is 9.97 Å². The second-order valence-electron chi connectivity index (χ2n) is 6.02. The molecule has 0 fully saturated rings. The topological polar surface area (TPSA) is 63.8 Å². The summed E-state index contributed by atoms with van der Waals surface area (Å²) in [6, 6.07) is 7.18. The van der Waals surface area contributed by atoms with E-state index in [9.17, 15) is 17.6 Å². The SMILES string of the molecule is Cc1nc(NCc2ccc(F)c(F)c2)nc(N)c1Cc1ccc(F)c(F)c1. The molecule has 27 heavy (non-hydrogen) atoms. The van der Waals surface area contributed by atoms with Crippen LogP contribution in [0.5, 0.6) is 0 Å². The highest BCUT2D eigenvalue weighted by molar-refractivity contribution is 5.49. The van der Waals surface area contributed by atoms with E-state index in [0.717, 1.165) is 24.3 Å². The van der Waals surface area contributed by atoms with Crippen LogP contribution < -0.4 is 11.1 Å². The first-order valence-corrected chi connectivity index (χ1v) is 8.08. The highest BCUT2D eigenvalue weighted by Crippen LogP contribution is 2.21. The van der Waals surface area contributed by atoms with E-state index in [2.05, 4.69) is 15.3 Å². The smallest absolute Gasteiger partial charge is 0.225 e. The Kier molecular flexibility index (Phi) is 5.25. The minimum absolute atomic E-state index is 0.179. The average Bonchev–Trinajstić information content (AvgIpc) is 2.62. The summed E-state index contributed by atoms with van der Waals surface area (Å²) in [5.74, 6) is -3.29. The van der Waals surface area contributed by atoms with Gasteiger partial charge in [0.05, 0.1) is 0 Å². The van der Waals surface area contributed by atoms with E-state index < -0.39 is 23.3 Å². The molecule has 3 N–H and O–H groups in total. The number of aryl methyl sites for hydroxylation is 1. The first kappa shape index (κ1) is 18.6. The van der Waals surface area contributed by atoms with Crippen LogP contribution in [0.3, 0.4) is 0 Å². The fourth-order valence-corrected chi connectivity index (χ4v) is 2.60. The molecule has 1 heterocycles. The van der Waals surface area contributed by atoms with Gasteiger partial charge in [-0.25, -0.2) is 22.5 Å². The number of rotatable bonds is 5. The van der Waals surface area contributed by atoms with Gasteiger partial charge >= 0.3 is 0 Å². The summed E-state index contributed by atoms with van der Waals surface area (Å²) in [5.41, 5.74) is 8.20. The number of nitrogen functional groups attached to an aromatic ring is 1. The predicted molar refractivity (Wildman–Crippen MR) is 94.0 cm³/mol. The van der Waals surface area contributed by atoms with Gasteiger partial charge in [0.2, 0.25) is 5.95 Å². The third-order valence-corrected chi connectivity index (χ3v) is 4.05. The molecular formula is C19H16F4N4. The first-order chi connectivity index (χ1) is 12.8. The summed E-state index contributed by atoms with van der Waals surface area (Å²) in [5, 5.41) is 2.90. The third kappa shape index (κ3) is 4.33. The molecule has 3 rings (SSSR count). The summed E-state index contributed by atoms with van der Waals surface area (Å²) in [7, 11) is 0. The molecule has 0 spiro atoms. The Morgan fingerprint density at radius 1 is 0.852 bits per heavy atom. The molecule has 140 valence electrons. The molecule has 0 aliphatic rings. The number of halogens is 4. The Balaban J connectivity index is 1.75. The molecule has 0 saturated carbocycles. The average molecular weight is 376 g/mol. The molecule has 3 aromatic rings. The van der Waals surface area contributed by atoms with Crippen LogP contribution in [0.4, 0.5) is 29.3 Å². The summed E-state index contributed by atoms with van der Waals surface area (Å²) >= 11 is 0. The highest BCUT2D eigenvalue weighted by Gasteiger charge is 2.12. The number of aromatic nitrogens is 2. The molecule has 4 nitrogen and oxygen atoms in total. The van der Waals surface area contributed by atoms with Crippen molar-refractivity contribution in [3.05, 3.63) is 82.1 Å². The Hall–Kier alpha value is -3.16. The van der Waals surface area contributed by atoms with Crippen LogP contribution in [0, 0.1) is 30.2 Å². The van der Waals surface area contributed by atoms with Crippen molar-refractivity contribution in [3.63, 3.8) is 0 Å². The predicted octanol–water partition coefficient (Wildman–Crippen LogP) is 4.13. The van der Waals surface area contributed by atoms with E-state index >= 15 is 0 Å². The number of nitrogens with two attached hydrogens (primary N) is 1. The van der Waals surface area contributed by atoms with Crippen molar-refractivity contribution in [2.75, 3.05) is 11.1 Å². The van der Waals surface area contributed by atoms with Gasteiger partial charge in [-0.05, 0) is 42.3 Å². The van der Waals surface area contributed by atoms with E-state index in [1.165, 1.54) is 12.1 Å². The lowest BCUT2D eigenvalue weighted by atomic mass is 10.0. The van der Waals surface area contributed by atoms with Crippen molar-refractivity contribution in [1.29, 1.82) is 0 Å². The summed E-state index contributed by atoms with van der Waals surface area (Å²) in [6.07, 6.45) is 0.248. The van der Waals surface area contributed by atoms with Crippen molar-refractivity contribution in [1.82, 2.24) is 9.97 Å². The van der Waals surface area contributed by atoms with Gasteiger partial charge in [0.15, 0.2) is 23.3 Å². The van der Waals surface area contributed by atoms with Gasteiger partial charge in [-0.2, -0.15) is 4.98 Å². The zero-order valence-electron chi connectivity index (χ0n) is 14.4. The molecule has 0 unspecified atom stereocenters. The van der Waals surface area contributed by atoms with Gasteiger partial charge in [0, 0.05) is 24.2 Å². The summed E-state index contributed by atoms with van der Waals surface area (Å²) < 4.78 is 52.6. The number of anilines is 2. The number of hydrogen-bond acceptors (Lipinski definition) is 4. The lowest BCUT2D eigenvalue weighted by Gasteiger charge is -2.12. The molecule has 0 saturated heterocycles. The molecule has 2 aromatic carbocycles. The molecule has 0 amide bonds. The Morgan fingerprint density at radius 2 is 1.44 bits per heavy atom. The summed E-state index contributed by atoms with van der Waals surface area (Å²) in [4.78, 5) is 8.43. The molecule has 0 bridgehead atoms. The van der Waals surface area contributed by atoms with Crippen LogP contribution in [0.2, 0.25) is 0 Å². The normalized spacial score (nSPS) is 10.9. The zero-order valence-corrected chi connectivity index (χ0v) is 14.4. The van der Waals surface area contributed by atoms with Gasteiger partial charge in [0.1, 0.15) is 5.82 Å². The molecule has 8 heteroatoms. The second kappa shape index (κ2) is 7.61. The van der Waals surface area contributed by atoms with Crippen LogP contribution in [0.1, 0.15) is 22.4 Å². The van der Waals surface area contributed by atoms with E-state index in [1.807, 2.05) is 0 Å². The number of nitrogens with zero attached hydrogens (tertiary/aromatic N) is 2. The monoisotopic (exact) mass is 376 g/mol. The van der Waals surface area contributed by atoms with Crippen LogP contribution in [-0.2, 0) is 13.0 Å². The number of nitrogens with one attached hydrogen (secondary N) is 1. The number of benzene rings is 2. The Bertz CT molecular complexity index is 968. The molecule has 0 radical (unpaired) electrons. The van der Waals surface area contributed by atoms with Gasteiger partial charge < -0.3 is 11.1 Å². The Morgan fingerprint density at radius 3 is 2.04 bits per heavy atom. The lowest BCUT2D eigenvalue weighted by Crippen LogP contribution is -2.10. The third-order valence-electron chi connectivity index (χ3n) is 4.05. The van der Waals surface area contributed by atoms with Gasteiger partial charge in [0.25, 0.3) is 0 Å². The van der Waals surface area contributed by atoms with Crippen molar-refractivity contribution in [2.45, 2.75) is 19.9 Å². The standard InChI is InChI=1S/C19H16F4N4/c1-10-13(6-11-2-4-14(20)16(22)7-11)18(24)27-19(26-10)25-9-12-3-5-15(21)17(23)8-12/h2-5,7-8H,6,9H2,1H3,(H3,24,25,26,27). The largest absolute Gasteiger partial charge is 0.383 e. The van der Waals surface area contributed by atoms with E-state index in [-0.39, 0.29) is 24.7 Å². The van der Waals surface area contributed by atoms with E-state index in [0.29, 0.717) is 22.4 Å². The van der Waals surface area contributed by atoms with Crippen LogP contribution in [0.15, 0.2) is 36.4 Å². The minimum Gasteiger partial charge on any atom is -0.383 e. The minimum atomic E-state index is -0.937. The first-order valence-electron chi connectivity index (χ1n) is 8.08. The highest BCUT2D eigenvalue weighted by atomic mass is 19.2. The van der Waals surface area contributed by atoms with Crippen molar-refractivity contribution < 1.29 is 17.6 Å².